The quantitative estimate of drug-likeness (QED) is 0.649. The molecule has 178 valence electrons. The normalized spacial score (nSPS) is 20.9. The fourth-order valence-corrected chi connectivity index (χ4v) is 4.31. The zero-order valence-electron chi connectivity index (χ0n) is 18.2. The fourth-order valence-electron chi connectivity index (χ4n) is 4.31. The number of rotatable bonds is 6. The Morgan fingerprint density at radius 2 is 1.94 bits per heavy atom. The van der Waals surface area contributed by atoms with Crippen LogP contribution in [0.2, 0.25) is 0 Å². The fraction of sp³-hybridized carbons (Fsp3) is 0.545. The third-order valence-electron chi connectivity index (χ3n) is 5.96. The number of carbonyl (C=O) groups is 2. The maximum Gasteiger partial charge on any atom is 0.471 e. The first-order chi connectivity index (χ1) is 15.7. The molecule has 33 heavy (non-hydrogen) atoms. The summed E-state index contributed by atoms with van der Waals surface area (Å²) in [7, 11) is 0. The second kappa shape index (κ2) is 9.50. The summed E-state index contributed by atoms with van der Waals surface area (Å²) in [5.41, 5.74) is 1.16. The van der Waals surface area contributed by atoms with Crippen molar-refractivity contribution in [1.29, 1.82) is 0 Å². The van der Waals surface area contributed by atoms with Crippen LogP contribution in [0.5, 0.6) is 0 Å². The van der Waals surface area contributed by atoms with Crippen molar-refractivity contribution in [3.63, 3.8) is 0 Å². The number of nitrogens with zero attached hydrogens (tertiary/aromatic N) is 4. The van der Waals surface area contributed by atoms with Crippen LogP contribution in [0.15, 0.2) is 28.8 Å². The lowest BCUT2D eigenvalue weighted by Crippen LogP contribution is -2.48. The van der Waals surface area contributed by atoms with Gasteiger partial charge >= 0.3 is 12.1 Å². The average molecular weight is 466 g/mol. The molecule has 2 atom stereocenters. The minimum Gasteiger partial charge on any atom is -0.376 e. The summed E-state index contributed by atoms with van der Waals surface area (Å²) in [5.74, 6) is -1.80. The van der Waals surface area contributed by atoms with Crippen LogP contribution in [0.3, 0.4) is 0 Å². The molecule has 2 aliphatic rings. The van der Waals surface area contributed by atoms with Gasteiger partial charge in [0.2, 0.25) is 17.6 Å². The smallest absolute Gasteiger partial charge is 0.376 e. The molecule has 0 bridgehead atoms. The Labute approximate surface area is 188 Å². The van der Waals surface area contributed by atoms with Gasteiger partial charge in [-0.3, -0.25) is 9.59 Å². The summed E-state index contributed by atoms with van der Waals surface area (Å²) in [6.07, 6.45) is -1.55. The first kappa shape index (κ1) is 23.2. The molecule has 0 saturated carbocycles. The second-order valence-electron chi connectivity index (χ2n) is 8.34. The first-order valence-corrected chi connectivity index (χ1v) is 10.9. The van der Waals surface area contributed by atoms with Crippen molar-refractivity contribution in [3.8, 4) is 11.4 Å². The van der Waals surface area contributed by atoms with Crippen LogP contribution in [-0.2, 0) is 27.0 Å². The van der Waals surface area contributed by atoms with Gasteiger partial charge in [0.05, 0.1) is 6.10 Å². The molecule has 3 heterocycles. The SMILES string of the molecule is CC(=O)N1CCCC1C(=O)N(Cc1ccc(-c2noc(C(F)(F)F)n2)cc1)CC1CCCO1. The van der Waals surface area contributed by atoms with E-state index in [-0.39, 0.29) is 23.7 Å². The van der Waals surface area contributed by atoms with Gasteiger partial charge in [0, 0.05) is 38.7 Å². The predicted molar refractivity (Wildman–Crippen MR) is 110 cm³/mol. The highest BCUT2D eigenvalue weighted by Crippen LogP contribution is 2.29. The summed E-state index contributed by atoms with van der Waals surface area (Å²) >= 11 is 0. The lowest BCUT2D eigenvalue weighted by molar-refractivity contribution is -0.159. The summed E-state index contributed by atoms with van der Waals surface area (Å²) in [6.45, 7) is 3.41. The van der Waals surface area contributed by atoms with Crippen molar-refractivity contribution >= 4 is 11.8 Å². The van der Waals surface area contributed by atoms with Crippen molar-refractivity contribution < 1.29 is 32.0 Å². The molecule has 1 aromatic carbocycles. The standard InChI is InChI=1S/C22H25F3N4O4/c1-14(30)29-10-2-5-18(29)20(31)28(13-17-4-3-11-32-17)12-15-6-8-16(9-7-15)19-26-21(33-27-19)22(23,24)25/h6-9,17-18H,2-5,10-13H2,1H3. The molecule has 0 radical (unpaired) electrons. The van der Waals surface area contributed by atoms with E-state index in [1.165, 1.54) is 6.92 Å². The maximum atomic E-state index is 13.4. The lowest BCUT2D eigenvalue weighted by Gasteiger charge is -2.31. The van der Waals surface area contributed by atoms with E-state index in [9.17, 15) is 22.8 Å². The Hall–Kier alpha value is -2.95. The van der Waals surface area contributed by atoms with Crippen LogP contribution in [0.25, 0.3) is 11.4 Å². The Morgan fingerprint density at radius 3 is 2.55 bits per heavy atom. The van der Waals surface area contributed by atoms with Crippen LogP contribution >= 0.6 is 0 Å². The van der Waals surface area contributed by atoms with E-state index in [2.05, 4.69) is 14.7 Å². The molecule has 11 heteroatoms. The van der Waals surface area contributed by atoms with Gasteiger partial charge in [0.25, 0.3) is 0 Å². The summed E-state index contributed by atoms with van der Waals surface area (Å²) in [6, 6.07) is 6.13. The first-order valence-electron chi connectivity index (χ1n) is 10.9. The average Bonchev–Trinajstić information content (AvgIpc) is 3.54. The Balaban J connectivity index is 1.50. The van der Waals surface area contributed by atoms with E-state index in [1.807, 2.05) is 0 Å². The molecule has 8 nitrogen and oxygen atoms in total. The van der Waals surface area contributed by atoms with Gasteiger partial charge in [0.15, 0.2) is 0 Å². The van der Waals surface area contributed by atoms with Gasteiger partial charge < -0.3 is 19.1 Å². The number of amides is 2. The third kappa shape index (κ3) is 5.35. The number of benzene rings is 1. The van der Waals surface area contributed by atoms with Gasteiger partial charge in [0.1, 0.15) is 6.04 Å². The highest BCUT2D eigenvalue weighted by Gasteiger charge is 2.39. The van der Waals surface area contributed by atoms with Crippen molar-refractivity contribution in [3.05, 3.63) is 35.7 Å². The van der Waals surface area contributed by atoms with E-state index in [0.29, 0.717) is 38.2 Å². The summed E-state index contributed by atoms with van der Waals surface area (Å²) in [4.78, 5) is 32.1. The number of alkyl halides is 3. The molecule has 2 unspecified atom stereocenters. The molecular weight excluding hydrogens is 441 g/mol. The maximum absolute atomic E-state index is 13.4. The van der Waals surface area contributed by atoms with Crippen molar-refractivity contribution in [2.75, 3.05) is 19.7 Å². The van der Waals surface area contributed by atoms with E-state index < -0.39 is 18.1 Å². The van der Waals surface area contributed by atoms with Crippen molar-refractivity contribution in [2.24, 2.45) is 0 Å². The monoisotopic (exact) mass is 466 g/mol. The number of halogens is 3. The molecule has 2 saturated heterocycles. The van der Waals surface area contributed by atoms with E-state index in [4.69, 9.17) is 4.74 Å². The molecule has 0 spiro atoms. The van der Waals surface area contributed by atoms with Crippen LogP contribution in [0.4, 0.5) is 13.2 Å². The number of likely N-dealkylation sites (tertiary alicyclic amines) is 1. The number of ether oxygens (including phenoxy) is 1. The highest BCUT2D eigenvalue weighted by molar-refractivity contribution is 5.87. The molecule has 0 aliphatic carbocycles. The summed E-state index contributed by atoms with van der Waals surface area (Å²) in [5, 5.41) is 3.39. The van der Waals surface area contributed by atoms with E-state index in [1.54, 1.807) is 34.1 Å². The Bertz CT molecular complexity index is 986. The van der Waals surface area contributed by atoms with Crippen LogP contribution in [0, 0.1) is 0 Å². The molecule has 2 amide bonds. The topological polar surface area (TPSA) is 88.8 Å². The lowest BCUT2D eigenvalue weighted by atomic mass is 10.1. The van der Waals surface area contributed by atoms with Crippen LogP contribution in [0.1, 0.15) is 44.1 Å². The largest absolute Gasteiger partial charge is 0.471 e. The van der Waals surface area contributed by atoms with Crippen molar-refractivity contribution in [1.82, 2.24) is 19.9 Å². The highest BCUT2D eigenvalue weighted by atomic mass is 19.4. The van der Waals surface area contributed by atoms with Crippen LogP contribution in [-0.4, -0.2) is 63.6 Å². The third-order valence-corrected chi connectivity index (χ3v) is 5.96. The second-order valence-corrected chi connectivity index (χ2v) is 8.34. The summed E-state index contributed by atoms with van der Waals surface area (Å²) < 4.78 is 48.1. The zero-order valence-corrected chi connectivity index (χ0v) is 18.2. The molecule has 2 aromatic rings. The molecule has 2 fully saturated rings. The number of hydrogen-bond acceptors (Lipinski definition) is 6. The van der Waals surface area contributed by atoms with Gasteiger partial charge in [-0.1, -0.05) is 29.4 Å². The van der Waals surface area contributed by atoms with Crippen molar-refractivity contribution in [2.45, 2.75) is 57.5 Å². The van der Waals surface area contributed by atoms with Gasteiger partial charge in [-0.05, 0) is 31.2 Å². The molecule has 1 aromatic heterocycles. The van der Waals surface area contributed by atoms with Gasteiger partial charge in [-0.2, -0.15) is 18.2 Å². The molecule has 4 rings (SSSR count). The molecule has 2 aliphatic heterocycles. The van der Waals surface area contributed by atoms with Gasteiger partial charge in [-0.25, -0.2) is 0 Å². The number of carbonyl (C=O) groups excluding carboxylic acids is 2. The predicted octanol–water partition coefficient (Wildman–Crippen LogP) is 3.27. The molecule has 0 N–H and O–H groups in total. The number of hydrogen-bond donors (Lipinski definition) is 0. The minimum absolute atomic E-state index is 0.0551. The molecular formula is C22H25F3N4O4. The Morgan fingerprint density at radius 1 is 1.18 bits per heavy atom. The minimum atomic E-state index is -4.71. The number of aromatic nitrogens is 2. The van der Waals surface area contributed by atoms with Gasteiger partial charge in [-0.15, -0.1) is 0 Å². The van der Waals surface area contributed by atoms with E-state index in [0.717, 1.165) is 24.8 Å². The zero-order chi connectivity index (χ0) is 23.6. The van der Waals surface area contributed by atoms with Crippen LogP contribution < -0.4 is 0 Å². The van der Waals surface area contributed by atoms with E-state index >= 15 is 0 Å². The Kier molecular flexibility index (Phi) is 6.68.